The number of phenolic OH excluding ortho intramolecular Hbond substituents is 1. The summed E-state index contributed by atoms with van der Waals surface area (Å²) in [5, 5.41) is 11.4. The van der Waals surface area contributed by atoms with E-state index in [1.165, 1.54) is 5.56 Å². The average molecular weight is 385 g/mol. The Labute approximate surface area is 129 Å². The minimum Gasteiger partial charge on any atom is -0.508 e. The van der Waals surface area contributed by atoms with Crippen LogP contribution in [0.25, 0.3) is 0 Å². The van der Waals surface area contributed by atoms with Gasteiger partial charge in [-0.2, -0.15) is 0 Å². The molecule has 5 heteroatoms. The van der Waals surface area contributed by atoms with Crippen LogP contribution in [-0.4, -0.2) is 22.5 Å². The third-order valence-electron chi connectivity index (χ3n) is 3.30. The average Bonchev–Trinajstić information content (AvgIpc) is 2.83. The molecule has 98 valence electrons. The Balaban J connectivity index is 1.83. The van der Waals surface area contributed by atoms with E-state index in [4.69, 9.17) is 0 Å². The number of phenols is 1. The predicted molar refractivity (Wildman–Crippen MR) is 83.6 cm³/mol. The van der Waals surface area contributed by atoms with Crippen molar-refractivity contribution in [2.45, 2.75) is 13.0 Å². The number of nitrogens with zero attached hydrogens (tertiary/aromatic N) is 1. The van der Waals surface area contributed by atoms with E-state index < -0.39 is 0 Å². The highest BCUT2D eigenvalue weighted by Gasteiger charge is 2.22. The molecule has 0 radical (unpaired) electrons. The van der Waals surface area contributed by atoms with E-state index in [0.717, 1.165) is 27.0 Å². The summed E-state index contributed by atoms with van der Waals surface area (Å²) >= 11 is 3.81. The van der Waals surface area contributed by atoms with Crippen LogP contribution in [0.2, 0.25) is 0 Å². The Bertz CT molecular complexity index is 638. The zero-order valence-electron chi connectivity index (χ0n) is 10.1. The number of fused-ring (bicyclic) bond motifs is 1. The molecule has 1 aliphatic rings. The predicted octanol–water partition coefficient (Wildman–Crippen LogP) is 3.26. The van der Waals surface area contributed by atoms with Crippen molar-refractivity contribution in [3.05, 3.63) is 49.2 Å². The van der Waals surface area contributed by atoms with E-state index in [0.29, 0.717) is 6.54 Å². The zero-order valence-corrected chi connectivity index (χ0v) is 13.1. The van der Waals surface area contributed by atoms with Gasteiger partial charge in [0.05, 0.1) is 8.45 Å². The number of carbonyl (C=O) groups is 1. The second kappa shape index (κ2) is 5.13. The molecule has 19 heavy (non-hydrogen) atoms. The van der Waals surface area contributed by atoms with E-state index in [1.54, 1.807) is 23.5 Å². The summed E-state index contributed by atoms with van der Waals surface area (Å²) in [7, 11) is 0. The van der Waals surface area contributed by atoms with Gasteiger partial charge in [0.15, 0.2) is 0 Å². The van der Waals surface area contributed by atoms with Crippen LogP contribution in [0.3, 0.4) is 0 Å². The van der Waals surface area contributed by atoms with Gasteiger partial charge in [-0.1, -0.05) is 6.07 Å². The molecule has 0 atom stereocenters. The molecule has 0 fully saturated rings. The van der Waals surface area contributed by atoms with E-state index in [1.807, 2.05) is 22.4 Å². The van der Waals surface area contributed by atoms with Gasteiger partial charge in [0.2, 0.25) is 0 Å². The van der Waals surface area contributed by atoms with Gasteiger partial charge in [-0.15, -0.1) is 11.3 Å². The smallest absolute Gasteiger partial charge is 0.255 e. The Morgan fingerprint density at radius 3 is 2.89 bits per heavy atom. The second-order valence-corrected chi connectivity index (χ2v) is 7.37. The van der Waals surface area contributed by atoms with Crippen LogP contribution in [0.15, 0.2) is 29.6 Å². The maximum Gasteiger partial charge on any atom is 0.255 e. The molecular formula is C14H12INO2S. The third kappa shape index (κ3) is 2.62. The molecule has 0 aliphatic carbocycles. The lowest BCUT2D eigenvalue weighted by Gasteiger charge is -2.28. The van der Waals surface area contributed by atoms with Crippen LogP contribution in [0.1, 0.15) is 21.5 Å². The molecule has 0 saturated carbocycles. The molecule has 3 rings (SSSR count). The van der Waals surface area contributed by atoms with Crippen molar-refractivity contribution in [1.82, 2.24) is 4.90 Å². The minimum atomic E-state index is 0.0770. The fourth-order valence-corrected chi connectivity index (χ4v) is 3.64. The third-order valence-corrected chi connectivity index (χ3v) is 5.09. The molecule has 1 aromatic heterocycles. The quantitative estimate of drug-likeness (QED) is 0.766. The molecule has 0 saturated heterocycles. The summed E-state index contributed by atoms with van der Waals surface area (Å²) in [4.78, 5) is 14.2. The van der Waals surface area contributed by atoms with Crippen molar-refractivity contribution in [3.8, 4) is 5.75 Å². The molecule has 0 unspecified atom stereocenters. The molecular weight excluding hydrogens is 373 g/mol. The van der Waals surface area contributed by atoms with Crippen molar-refractivity contribution >= 4 is 39.8 Å². The maximum atomic E-state index is 12.4. The normalized spacial score (nSPS) is 14.3. The maximum absolute atomic E-state index is 12.4. The van der Waals surface area contributed by atoms with Crippen LogP contribution in [-0.2, 0) is 13.0 Å². The van der Waals surface area contributed by atoms with Crippen LogP contribution in [0, 0.1) is 2.88 Å². The van der Waals surface area contributed by atoms with Crippen molar-refractivity contribution < 1.29 is 9.90 Å². The number of carbonyl (C=O) groups excluding carboxylic acids is 1. The highest BCUT2D eigenvalue weighted by Crippen LogP contribution is 2.25. The van der Waals surface area contributed by atoms with Gasteiger partial charge < -0.3 is 10.0 Å². The summed E-state index contributed by atoms with van der Waals surface area (Å²) in [5.74, 6) is 0.339. The lowest BCUT2D eigenvalue weighted by atomic mass is 9.99. The Kier molecular flexibility index (Phi) is 3.49. The topological polar surface area (TPSA) is 40.5 Å². The SMILES string of the molecule is O=C(c1csc(I)c1)N1CCc2ccc(O)cc2C1. The molecule has 3 nitrogen and oxygen atoms in total. The first-order chi connectivity index (χ1) is 9.13. The summed E-state index contributed by atoms with van der Waals surface area (Å²) < 4.78 is 1.12. The molecule has 2 heterocycles. The van der Waals surface area contributed by atoms with E-state index in [-0.39, 0.29) is 11.7 Å². The van der Waals surface area contributed by atoms with Gasteiger partial charge in [0.25, 0.3) is 5.91 Å². The van der Waals surface area contributed by atoms with Gasteiger partial charge in [-0.3, -0.25) is 4.79 Å². The highest BCUT2D eigenvalue weighted by atomic mass is 127. The largest absolute Gasteiger partial charge is 0.508 e. The molecule has 1 aliphatic heterocycles. The fourth-order valence-electron chi connectivity index (χ4n) is 2.32. The van der Waals surface area contributed by atoms with Gasteiger partial charge in [-0.25, -0.2) is 0 Å². The molecule has 1 amide bonds. The summed E-state index contributed by atoms with van der Waals surface area (Å²) in [6.45, 7) is 1.32. The molecule has 1 aromatic carbocycles. The van der Waals surface area contributed by atoms with Gasteiger partial charge in [0.1, 0.15) is 5.75 Å². The van der Waals surface area contributed by atoms with E-state index in [2.05, 4.69) is 22.6 Å². The Morgan fingerprint density at radius 1 is 1.32 bits per heavy atom. The van der Waals surface area contributed by atoms with Crippen LogP contribution >= 0.6 is 33.9 Å². The monoisotopic (exact) mass is 385 g/mol. The van der Waals surface area contributed by atoms with Crippen molar-refractivity contribution in [1.29, 1.82) is 0 Å². The standard InChI is InChI=1S/C14H12INO2S/c15-13-6-11(8-19-13)14(18)16-4-3-9-1-2-12(17)5-10(9)7-16/h1-2,5-6,8,17H,3-4,7H2. The lowest BCUT2D eigenvalue weighted by Crippen LogP contribution is -2.35. The van der Waals surface area contributed by atoms with Crippen molar-refractivity contribution in [2.75, 3.05) is 6.54 Å². The van der Waals surface area contributed by atoms with Gasteiger partial charge in [-0.05, 0) is 58.3 Å². The van der Waals surface area contributed by atoms with E-state index >= 15 is 0 Å². The van der Waals surface area contributed by atoms with Crippen molar-refractivity contribution in [2.24, 2.45) is 0 Å². The summed E-state index contributed by atoms with van der Waals surface area (Å²) in [6, 6.07) is 7.33. The summed E-state index contributed by atoms with van der Waals surface area (Å²) in [6.07, 6.45) is 0.850. The number of hydrogen-bond acceptors (Lipinski definition) is 3. The number of thiophene rings is 1. The second-order valence-electron chi connectivity index (χ2n) is 4.57. The van der Waals surface area contributed by atoms with Crippen LogP contribution < -0.4 is 0 Å². The number of aromatic hydroxyl groups is 1. The molecule has 0 spiro atoms. The van der Waals surface area contributed by atoms with Crippen molar-refractivity contribution in [3.63, 3.8) is 0 Å². The van der Waals surface area contributed by atoms with E-state index in [9.17, 15) is 9.90 Å². The first kappa shape index (κ1) is 12.9. The first-order valence-corrected chi connectivity index (χ1v) is 7.93. The Hall–Kier alpha value is -1.08. The number of benzene rings is 1. The number of halogens is 1. The zero-order chi connectivity index (χ0) is 13.4. The summed E-state index contributed by atoms with van der Waals surface area (Å²) in [5.41, 5.74) is 3.03. The Morgan fingerprint density at radius 2 is 2.16 bits per heavy atom. The minimum absolute atomic E-state index is 0.0770. The molecule has 2 aromatic rings. The first-order valence-electron chi connectivity index (χ1n) is 5.97. The van der Waals surface area contributed by atoms with Gasteiger partial charge in [0, 0.05) is 18.5 Å². The molecule has 0 bridgehead atoms. The number of rotatable bonds is 1. The van der Waals surface area contributed by atoms with Gasteiger partial charge >= 0.3 is 0 Å². The molecule has 1 N–H and O–H groups in total. The number of amides is 1. The number of hydrogen-bond donors (Lipinski definition) is 1. The fraction of sp³-hybridized carbons (Fsp3) is 0.214. The van der Waals surface area contributed by atoms with Crippen LogP contribution in [0.4, 0.5) is 0 Å². The highest BCUT2D eigenvalue weighted by molar-refractivity contribution is 14.1. The van der Waals surface area contributed by atoms with Crippen LogP contribution in [0.5, 0.6) is 5.75 Å². The lowest BCUT2D eigenvalue weighted by molar-refractivity contribution is 0.0735.